The lowest BCUT2D eigenvalue weighted by Gasteiger charge is -2.13. The van der Waals surface area contributed by atoms with E-state index in [1.54, 1.807) is 6.26 Å². The minimum Gasteiger partial charge on any atom is -0.467 e. The number of anilines is 1. The van der Waals surface area contributed by atoms with Gasteiger partial charge in [-0.1, -0.05) is 25.1 Å². The first-order valence-corrected chi connectivity index (χ1v) is 7.32. The van der Waals surface area contributed by atoms with E-state index in [0.717, 1.165) is 17.9 Å². The molecule has 2 aromatic rings. The summed E-state index contributed by atoms with van der Waals surface area (Å²) in [6, 6.07) is 9.92. The topological polar surface area (TPSA) is 54.3 Å². The Balaban J connectivity index is 1.77. The van der Waals surface area contributed by atoms with Crippen molar-refractivity contribution < 1.29 is 9.21 Å². The highest BCUT2D eigenvalue weighted by Gasteiger charge is 2.06. The molecule has 0 unspecified atom stereocenters. The predicted octanol–water partition coefficient (Wildman–Crippen LogP) is 3.27. The van der Waals surface area contributed by atoms with Gasteiger partial charge in [-0.25, -0.2) is 0 Å². The minimum atomic E-state index is 0.0190. The van der Waals surface area contributed by atoms with Gasteiger partial charge in [-0.15, -0.1) is 0 Å². The molecule has 0 aliphatic rings. The van der Waals surface area contributed by atoms with Gasteiger partial charge >= 0.3 is 0 Å². The fourth-order valence-corrected chi connectivity index (χ4v) is 2.26. The highest BCUT2D eigenvalue weighted by molar-refractivity contribution is 5.76. The molecule has 0 radical (unpaired) electrons. The molecule has 0 fully saturated rings. The molecule has 0 bridgehead atoms. The Labute approximate surface area is 125 Å². The molecule has 1 amide bonds. The second kappa shape index (κ2) is 7.53. The van der Waals surface area contributed by atoms with Crippen LogP contribution >= 0.6 is 0 Å². The highest BCUT2D eigenvalue weighted by atomic mass is 16.3. The number of hydrogen-bond acceptors (Lipinski definition) is 3. The zero-order valence-electron chi connectivity index (χ0n) is 12.6. The smallest absolute Gasteiger partial charge is 0.222 e. The van der Waals surface area contributed by atoms with Crippen LogP contribution in [0.3, 0.4) is 0 Å². The van der Waals surface area contributed by atoms with Gasteiger partial charge in [-0.05, 0) is 36.6 Å². The van der Waals surface area contributed by atoms with Gasteiger partial charge in [-0.2, -0.15) is 0 Å². The van der Waals surface area contributed by atoms with Crippen LogP contribution in [0.2, 0.25) is 0 Å². The summed E-state index contributed by atoms with van der Waals surface area (Å²) in [5.41, 5.74) is 3.65. The third kappa shape index (κ3) is 4.38. The van der Waals surface area contributed by atoms with Crippen LogP contribution in [0.4, 0.5) is 5.69 Å². The fraction of sp³-hybridized carbons (Fsp3) is 0.353. The second-order valence-corrected chi connectivity index (χ2v) is 5.00. The normalized spacial score (nSPS) is 10.4. The van der Waals surface area contributed by atoms with Crippen molar-refractivity contribution in [3.63, 3.8) is 0 Å². The average Bonchev–Trinajstić information content (AvgIpc) is 3.00. The lowest BCUT2D eigenvalue weighted by Crippen LogP contribution is -2.24. The van der Waals surface area contributed by atoms with Crippen LogP contribution in [0, 0.1) is 6.92 Å². The summed E-state index contributed by atoms with van der Waals surface area (Å²) >= 11 is 0. The summed E-state index contributed by atoms with van der Waals surface area (Å²) in [6.07, 6.45) is 3.03. The van der Waals surface area contributed by atoms with Crippen molar-refractivity contribution in [2.75, 3.05) is 11.9 Å². The van der Waals surface area contributed by atoms with E-state index in [0.29, 0.717) is 19.5 Å². The van der Waals surface area contributed by atoms with Crippen LogP contribution in [0.25, 0.3) is 0 Å². The third-order valence-corrected chi connectivity index (χ3v) is 3.43. The maximum absolute atomic E-state index is 11.8. The number of nitrogens with one attached hydrogen (secondary N) is 2. The molecule has 21 heavy (non-hydrogen) atoms. The van der Waals surface area contributed by atoms with E-state index in [2.05, 4.69) is 42.7 Å². The number of amides is 1. The van der Waals surface area contributed by atoms with Gasteiger partial charge in [-0.3, -0.25) is 4.79 Å². The molecule has 0 aliphatic heterocycles. The van der Waals surface area contributed by atoms with Crippen LogP contribution in [0.1, 0.15) is 30.2 Å². The first-order chi connectivity index (χ1) is 10.2. The Morgan fingerprint density at radius 1 is 1.24 bits per heavy atom. The molecule has 1 heterocycles. The van der Waals surface area contributed by atoms with Crippen LogP contribution < -0.4 is 10.6 Å². The molecule has 0 saturated heterocycles. The predicted molar refractivity (Wildman–Crippen MR) is 84.2 cm³/mol. The largest absolute Gasteiger partial charge is 0.467 e. The number of carbonyl (C=O) groups excluding carboxylic acids is 1. The van der Waals surface area contributed by atoms with Crippen molar-refractivity contribution in [2.45, 2.75) is 33.2 Å². The highest BCUT2D eigenvalue weighted by Crippen LogP contribution is 2.20. The zero-order valence-corrected chi connectivity index (χ0v) is 12.6. The Hall–Kier alpha value is -2.23. The summed E-state index contributed by atoms with van der Waals surface area (Å²) in [6.45, 7) is 5.28. The Morgan fingerprint density at radius 2 is 2.10 bits per heavy atom. The van der Waals surface area contributed by atoms with Gasteiger partial charge < -0.3 is 15.1 Å². The Bertz CT molecular complexity index is 576. The maximum atomic E-state index is 11.8. The van der Waals surface area contributed by atoms with Gasteiger partial charge in [0.2, 0.25) is 5.91 Å². The fourth-order valence-electron chi connectivity index (χ4n) is 2.26. The molecular weight excluding hydrogens is 264 g/mol. The number of aryl methyl sites for hydroxylation is 2. The molecule has 4 nitrogen and oxygen atoms in total. The quantitative estimate of drug-likeness (QED) is 0.821. The van der Waals surface area contributed by atoms with Gasteiger partial charge in [0.15, 0.2) is 0 Å². The molecule has 1 aromatic carbocycles. The van der Waals surface area contributed by atoms with E-state index in [4.69, 9.17) is 4.42 Å². The van der Waals surface area contributed by atoms with Crippen LogP contribution in [0.15, 0.2) is 41.0 Å². The first-order valence-electron chi connectivity index (χ1n) is 7.32. The summed E-state index contributed by atoms with van der Waals surface area (Å²) < 4.78 is 5.17. The number of rotatable bonds is 7. The Morgan fingerprint density at radius 3 is 2.81 bits per heavy atom. The minimum absolute atomic E-state index is 0.0190. The molecule has 1 aromatic heterocycles. The summed E-state index contributed by atoms with van der Waals surface area (Å²) in [7, 11) is 0. The third-order valence-electron chi connectivity index (χ3n) is 3.43. The van der Waals surface area contributed by atoms with Crippen molar-refractivity contribution in [1.82, 2.24) is 5.32 Å². The molecule has 4 heteroatoms. The number of benzene rings is 1. The van der Waals surface area contributed by atoms with Gasteiger partial charge in [0.1, 0.15) is 5.76 Å². The summed E-state index contributed by atoms with van der Waals surface area (Å²) in [5.74, 6) is 0.786. The van der Waals surface area contributed by atoms with Gasteiger partial charge in [0.05, 0.1) is 12.8 Å². The zero-order chi connectivity index (χ0) is 15.1. The van der Waals surface area contributed by atoms with Crippen molar-refractivity contribution in [1.29, 1.82) is 0 Å². The molecule has 112 valence electrons. The average molecular weight is 286 g/mol. The van der Waals surface area contributed by atoms with E-state index in [9.17, 15) is 4.79 Å². The van der Waals surface area contributed by atoms with Crippen LogP contribution in [-0.4, -0.2) is 12.5 Å². The summed E-state index contributed by atoms with van der Waals surface area (Å²) in [5, 5.41) is 6.21. The van der Waals surface area contributed by atoms with E-state index in [-0.39, 0.29) is 5.91 Å². The standard InChI is InChI=1S/C17H22N2O2/c1-3-14-7-4-6-13(2)17(14)18-10-9-16(20)19-12-15-8-5-11-21-15/h4-8,11,18H,3,9-10,12H2,1-2H3,(H,19,20). The van der Waals surface area contributed by atoms with E-state index in [1.165, 1.54) is 11.1 Å². The van der Waals surface area contributed by atoms with Crippen molar-refractivity contribution in [3.8, 4) is 0 Å². The van der Waals surface area contributed by atoms with Crippen molar-refractivity contribution >= 4 is 11.6 Å². The first kappa shape index (κ1) is 15.2. The van der Waals surface area contributed by atoms with Gasteiger partial charge in [0.25, 0.3) is 0 Å². The Kier molecular flexibility index (Phi) is 5.43. The maximum Gasteiger partial charge on any atom is 0.222 e. The number of furan rings is 1. The molecule has 0 saturated carbocycles. The lowest BCUT2D eigenvalue weighted by molar-refractivity contribution is -0.121. The van der Waals surface area contributed by atoms with Crippen LogP contribution in [0.5, 0.6) is 0 Å². The lowest BCUT2D eigenvalue weighted by atomic mass is 10.1. The van der Waals surface area contributed by atoms with Crippen molar-refractivity contribution in [2.24, 2.45) is 0 Å². The number of hydrogen-bond donors (Lipinski definition) is 2. The molecule has 0 spiro atoms. The monoisotopic (exact) mass is 286 g/mol. The molecule has 0 aliphatic carbocycles. The second-order valence-electron chi connectivity index (χ2n) is 5.00. The summed E-state index contributed by atoms with van der Waals surface area (Å²) in [4.78, 5) is 11.8. The molecule has 2 N–H and O–H groups in total. The van der Waals surface area contributed by atoms with E-state index < -0.39 is 0 Å². The van der Waals surface area contributed by atoms with Gasteiger partial charge in [0, 0.05) is 18.7 Å². The molecule has 2 rings (SSSR count). The van der Waals surface area contributed by atoms with E-state index in [1.807, 2.05) is 12.1 Å². The SMILES string of the molecule is CCc1cccc(C)c1NCCC(=O)NCc1ccco1. The molecular formula is C17H22N2O2. The van der Waals surface area contributed by atoms with Crippen LogP contribution in [-0.2, 0) is 17.8 Å². The number of para-hydroxylation sites is 1. The molecule has 0 atom stereocenters. The van der Waals surface area contributed by atoms with E-state index >= 15 is 0 Å². The number of carbonyl (C=O) groups is 1. The van der Waals surface area contributed by atoms with Crippen molar-refractivity contribution in [3.05, 3.63) is 53.5 Å².